The van der Waals surface area contributed by atoms with Gasteiger partial charge in [0.25, 0.3) is 0 Å². The second kappa shape index (κ2) is 7.31. The number of aryl methyl sites for hydroxylation is 1. The number of carbonyl (C=O) groups is 1. The molecule has 0 spiro atoms. The SMILES string of the molecule is CCCCC(NC)C(=O)Nc1cc(C)c2c(c1)OCCO2. The van der Waals surface area contributed by atoms with Crippen LogP contribution in [-0.4, -0.2) is 32.2 Å². The predicted octanol–water partition coefficient (Wildman–Crippen LogP) is 2.48. The minimum absolute atomic E-state index is 0.0120. The Morgan fingerprint density at radius 2 is 2.10 bits per heavy atom. The topological polar surface area (TPSA) is 59.6 Å². The van der Waals surface area contributed by atoms with E-state index in [2.05, 4.69) is 17.6 Å². The van der Waals surface area contributed by atoms with Crippen molar-refractivity contribution in [3.63, 3.8) is 0 Å². The van der Waals surface area contributed by atoms with E-state index in [0.717, 1.165) is 36.3 Å². The van der Waals surface area contributed by atoms with Crippen molar-refractivity contribution in [3.8, 4) is 11.5 Å². The number of carbonyl (C=O) groups excluding carboxylic acids is 1. The van der Waals surface area contributed by atoms with Gasteiger partial charge in [-0.3, -0.25) is 4.79 Å². The molecule has 0 saturated heterocycles. The number of anilines is 1. The van der Waals surface area contributed by atoms with Crippen molar-refractivity contribution in [1.82, 2.24) is 5.32 Å². The van der Waals surface area contributed by atoms with Crippen molar-refractivity contribution in [1.29, 1.82) is 0 Å². The minimum Gasteiger partial charge on any atom is -0.486 e. The molecule has 1 amide bonds. The summed E-state index contributed by atoms with van der Waals surface area (Å²) in [5.41, 5.74) is 1.72. The summed E-state index contributed by atoms with van der Waals surface area (Å²) in [5.74, 6) is 1.46. The third kappa shape index (κ3) is 3.88. The van der Waals surface area contributed by atoms with E-state index in [9.17, 15) is 4.79 Å². The summed E-state index contributed by atoms with van der Waals surface area (Å²) < 4.78 is 11.2. The molecule has 1 aromatic rings. The largest absolute Gasteiger partial charge is 0.486 e. The number of benzene rings is 1. The second-order valence-electron chi connectivity index (χ2n) is 5.29. The molecule has 0 bridgehead atoms. The molecule has 1 aliphatic rings. The molecule has 1 heterocycles. The Morgan fingerprint density at radius 3 is 2.81 bits per heavy atom. The first-order chi connectivity index (χ1) is 10.2. The standard InChI is InChI=1S/C16H24N2O3/c1-4-5-6-13(17-3)16(19)18-12-9-11(2)15-14(10-12)20-7-8-21-15/h9-10,13,17H,4-8H2,1-3H3,(H,18,19). The number of ether oxygens (including phenoxy) is 2. The monoisotopic (exact) mass is 292 g/mol. The molecule has 1 aromatic carbocycles. The van der Waals surface area contributed by atoms with Crippen LogP contribution < -0.4 is 20.1 Å². The van der Waals surface area contributed by atoms with Gasteiger partial charge in [-0.25, -0.2) is 0 Å². The van der Waals surface area contributed by atoms with Gasteiger partial charge in [0.05, 0.1) is 6.04 Å². The van der Waals surface area contributed by atoms with Gasteiger partial charge >= 0.3 is 0 Å². The van der Waals surface area contributed by atoms with Crippen LogP contribution in [0.4, 0.5) is 5.69 Å². The molecule has 0 radical (unpaired) electrons. The molecule has 116 valence electrons. The number of likely N-dealkylation sites (N-methyl/N-ethyl adjacent to an activating group) is 1. The number of rotatable bonds is 6. The van der Waals surface area contributed by atoms with Gasteiger partial charge in [-0.15, -0.1) is 0 Å². The van der Waals surface area contributed by atoms with Crippen LogP contribution in [0.25, 0.3) is 0 Å². The molecule has 1 aliphatic heterocycles. The highest BCUT2D eigenvalue weighted by atomic mass is 16.6. The average Bonchev–Trinajstić information content (AvgIpc) is 2.48. The van der Waals surface area contributed by atoms with Gasteiger partial charge in [0.1, 0.15) is 13.2 Å². The Labute approximate surface area is 126 Å². The number of amides is 1. The van der Waals surface area contributed by atoms with Gasteiger partial charge in [0.15, 0.2) is 11.5 Å². The third-order valence-corrected chi connectivity index (χ3v) is 3.61. The molecular formula is C16H24N2O3. The van der Waals surface area contributed by atoms with Gasteiger partial charge in [-0.05, 0) is 32.0 Å². The van der Waals surface area contributed by atoms with E-state index in [1.54, 1.807) is 0 Å². The summed E-state index contributed by atoms with van der Waals surface area (Å²) in [7, 11) is 1.81. The summed E-state index contributed by atoms with van der Waals surface area (Å²) in [6.45, 7) is 5.18. The molecule has 0 fully saturated rings. The maximum absolute atomic E-state index is 12.3. The van der Waals surface area contributed by atoms with Crippen molar-refractivity contribution in [2.24, 2.45) is 0 Å². The van der Waals surface area contributed by atoms with E-state index in [1.165, 1.54) is 0 Å². The molecular weight excluding hydrogens is 268 g/mol. The van der Waals surface area contributed by atoms with Crippen LogP contribution in [0.5, 0.6) is 11.5 Å². The van der Waals surface area contributed by atoms with Crippen molar-refractivity contribution >= 4 is 11.6 Å². The van der Waals surface area contributed by atoms with Crippen molar-refractivity contribution < 1.29 is 14.3 Å². The molecule has 2 rings (SSSR count). The molecule has 21 heavy (non-hydrogen) atoms. The number of hydrogen-bond acceptors (Lipinski definition) is 4. The Kier molecular flexibility index (Phi) is 5.44. The first-order valence-corrected chi connectivity index (χ1v) is 7.54. The van der Waals surface area contributed by atoms with Crippen molar-refractivity contribution in [3.05, 3.63) is 17.7 Å². The quantitative estimate of drug-likeness (QED) is 0.845. The van der Waals surface area contributed by atoms with Crippen LogP contribution in [0.15, 0.2) is 12.1 Å². The minimum atomic E-state index is -0.168. The van der Waals surface area contributed by atoms with Gasteiger partial charge in [0.2, 0.25) is 5.91 Å². The number of fused-ring (bicyclic) bond motifs is 1. The summed E-state index contributed by atoms with van der Waals surface area (Å²) in [5, 5.41) is 6.02. The summed E-state index contributed by atoms with van der Waals surface area (Å²) in [6, 6.07) is 3.57. The van der Waals surface area contributed by atoms with E-state index in [0.29, 0.717) is 19.0 Å². The third-order valence-electron chi connectivity index (χ3n) is 3.61. The maximum atomic E-state index is 12.3. The lowest BCUT2D eigenvalue weighted by atomic mass is 10.1. The number of nitrogens with one attached hydrogen (secondary N) is 2. The fourth-order valence-electron chi connectivity index (χ4n) is 2.45. The normalized spacial score (nSPS) is 14.6. The second-order valence-corrected chi connectivity index (χ2v) is 5.29. The highest BCUT2D eigenvalue weighted by Crippen LogP contribution is 2.36. The Hall–Kier alpha value is -1.75. The van der Waals surface area contributed by atoms with Crippen LogP contribution in [0.3, 0.4) is 0 Å². The van der Waals surface area contributed by atoms with Gasteiger partial charge < -0.3 is 20.1 Å². The van der Waals surface area contributed by atoms with Crippen LogP contribution in [0.1, 0.15) is 31.7 Å². The molecule has 1 unspecified atom stereocenters. The van der Waals surface area contributed by atoms with Gasteiger partial charge in [-0.1, -0.05) is 19.8 Å². The maximum Gasteiger partial charge on any atom is 0.241 e. The molecule has 2 N–H and O–H groups in total. The van der Waals surface area contributed by atoms with Crippen LogP contribution in [0, 0.1) is 6.92 Å². The van der Waals surface area contributed by atoms with E-state index in [1.807, 2.05) is 26.1 Å². The zero-order valence-corrected chi connectivity index (χ0v) is 13.0. The first-order valence-electron chi connectivity index (χ1n) is 7.54. The molecule has 1 atom stereocenters. The van der Waals surface area contributed by atoms with Crippen molar-refractivity contribution in [2.45, 2.75) is 39.2 Å². The predicted molar refractivity (Wildman–Crippen MR) is 83.2 cm³/mol. The Morgan fingerprint density at radius 1 is 1.33 bits per heavy atom. The fraction of sp³-hybridized carbons (Fsp3) is 0.562. The van der Waals surface area contributed by atoms with E-state index in [4.69, 9.17) is 9.47 Å². The molecule has 5 nitrogen and oxygen atoms in total. The number of unbranched alkanes of at least 4 members (excludes halogenated alkanes) is 1. The summed E-state index contributed by atoms with van der Waals surface area (Å²) >= 11 is 0. The summed E-state index contributed by atoms with van der Waals surface area (Å²) in [4.78, 5) is 12.3. The van der Waals surface area contributed by atoms with Gasteiger partial charge in [0, 0.05) is 11.8 Å². The van der Waals surface area contributed by atoms with Crippen LogP contribution in [-0.2, 0) is 4.79 Å². The zero-order chi connectivity index (χ0) is 15.2. The molecule has 0 aromatic heterocycles. The highest BCUT2D eigenvalue weighted by molar-refractivity contribution is 5.95. The average molecular weight is 292 g/mol. The fourth-order valence-corrected chi connectivity index (χ4v) is 2.45. The van der Waals surface area contributed by atoms with Gasteiger partial charge in [-0.2, -0.15) is 0 Å². The van der Waals surface area contributed by atoms with E-state index < -0.39 is 0 Å². The molecule has 0 aliphatic carbocycles. The Balaban J connectivity index is 2.08. The smallest absolute Gasteiger partial charge is 0.241 e. The highest BCUT2D eigenvalue weighted by Gasteiger charge is 2.19. The molecule has 5 heteroatoms. The molecule has 0 saturated carbocycles. The van der Waals surface area contributed by atoms with Crippen LogP contribution >= 0.6 is 0 Å². The summed E-state index contributed by atoms with van der Waals surface area (Å²) in [6.07, 6.45) is 2.94. The van der Waals surface area contributed by atoms with Crippen LogP contribution in [0.2, 0.25) is 0 Å². The lowest BCUT2D eigenvalue weighted by Crippen LogP contribution is -2.38. The Bertz CT molecular complexity index is 503. The van der Waals surface area contributed by atoms with Crippen molar-refractivity contribution in [2.75, 3.05) is 25.6 Å². The lowest BCUT2D eigenvalue weighted by molar-refractivity contribution is -0.118. The first kappa shape index (κ1) is 15.6. The van der Waals surface area contributed by atoms with E-state index >= 15 is 0 Å². The number of hydrogen-bond donors (Lipinski definition) is 2. The lowest BCUT2D eigenvalue weighted by Gasteiger charge is -2.22. The zero-order valence-electron chi connectivity index (χ0n) is 13.0. The van der Waals surface area contributed by atoms with E-state index in [-0.39, 0.29) is 11.9 Å².